The predicted molar refractivity (Wildman–Crippen MR) is 176 cm³/mol. The van der Waals surface area contributed by atoms with Gasteiger partial charge in [0.15, 0.2) is 0 Å². The van der Waals surface area contributed by atoms with E-state index in [2.05, 4.69) is 57.3 Å². The van der Waals surface area contributed by atoms with Crippen molar-refractivity contribution in [2.75, 3.05) is 0 Å². The molecule has 7 rings (SSSR count). The third-order valence-corrected chi connectivity index (χ3v) is 9.93. The molecule has 1 amide bonds. The molecular weight excluding hydrogens is 546 g/mol. The maximum absolute atomic E-state index is 14.0. The highest BCUT2D eigenvalue weighted by Crippen LogP contribution is 2.45. The van der Waals surface area contributed by atoms with Crippen molar-refractivity contribution >= 4 is 33.9 Å². The first kappa shape index (κ1) is 28.1. The van der Waals surface area contributed by atoms with Crippen LogP contribution in [0.2, 0.25) is 0 Å². The quantitative estimate of drug-likeness (QED) is 0.149. The molecule has 0 spiro atoms. The van der Waals surface area contributed by atoms with Gasteiger partial charge in [-0.1, -0.05) is 31.6 Å². The monoisotopic (exact) mass is 585 g/mol. The number of carbonyl (C=O) groups excluding carboxylic acids is 1. The molecule has 2 N–H and O–H groups in total. The minimum Gasteiger partial charge on any atom is -0.508 e. The summed E-state index contributed by atoms with van der Waals surface area (Å²) in [6.07, 6.45) is 13.3. The second kappa shape index (κ2) is 10.8. The molecule has 224 valence electrons. The number of hydrogen-bond donors (Lipinski definition) is 2. The van der Waals surface area contributed by atoms with Crippen LogP contribution in [-0.4, -0.2) is 30.1 Å². The molecule has 0 unspecified atom stereocenters. The van der Waals surface area contributed by atoms with Crippen LogP contribution in [-0.2, 0) is 19.6 Å². The van der Waals surface area contributed by atoms with Crippen LogP contribution in [0.4, 0.5) is 0 Å². The third-order valence-electron chi connectivity index (χ3n) is 9.93. The van der Waals surface area contributed by atoms with Gasteiger partial charge in [0.05, 0.1) is 22.3 Å². The number of nitrogens with one attached hydrogen (secondary N) is 1. The van der Waals surface area contributed by atoms with Gasteiger partial charge in [-0.2, -0.15) is 0 Å². The number of aliphatic hydroxyl groups is 1. The highest BCUT2D eigenvalue weighted by Gasteiger charge is 2.44. The zero-order valence-electron chi connectivity index (χ0n) is 25.7. The van der Waals surface area contributed by atoms with Crippen LogP contribution in [0.15, 0.2) is 78.8 Å². The van der Waals surface area contributed by atoms with Gasteiger partial charge < -0.3 is 19.6 Å². The maximum atomic E-state index is 14.0. The molecule has 2 aromatic carbocycles. The average Bonchev–Trinajstić information content (AvgIpc) is 3.72. The lowest BCUT2D eigenvalue weighted by Gasteiger charge is -2.41. The summed E-state index contributed by atoms with van der Waals surface area (Å²) < 4.78 is 4.35. The van der Waals surface area contributed by atoms with Gasteiger partial charge in [-0.25, -0.2) is 4.98 Å². The Morgan fingerprint density at radius 2 is 1.84 bits per heavy atom. The first-order valence-electron chi connectivity index (χ1n) is 15.6. The Kier molecular flexibility index (Phi) is 6.91. The fraction of sp³-hybridized carbons (Fsp3) is 0.324. The molecule has 0 radical (unpaired) electrons. The fourth-order valence-electron chi connectivity index (χ4n) is 7.37. The largest absolute Gasteiger partial charge is 0.508 e. The Hall–Kier alpha value is -4.65. The van der Waals surface area contributed by atoms with E-state index in [1.165, 1.54) is 42.3 Å². The number of nitrogens with zero attached hydrogens (tertiary/aromatic N) is 4. The number of amides is 1. The van der Waals surface area contributed by atoms with E-state index in [0.717, 1.165) is 52.8 Å². The van der Waals surface area contributed by atoms with E-state index < -0.39 is 5.54 Å². The topological polar surface area (TPSA) is 85.0 Å². The second-order valence-corrected chi connectivity index (χ2v) is 12.7. The molecule has 2 aliphatic rings. The van der Waals surface area contributed by atoms with Crippen molar-refractivity contribution < 1.29 is 9.90 Å². The molecule has 7 heteroatoms. The van der Waals surface area contributed by atoms with Gasteiger partial charge in [-0.3, -0.25) is 9.78 Å². The number of pyridine rings is 1. The average molecular weight is 586 g/mol. The van der Waals surface area contributed by atoms with E-state index >= 15 is 0 Å². The Morgan fingerprint density at radius 3 is 2.52 bits per heavy atom. The third kappa shape index (κ3) is 4.62. The van der Waals surface area contributed by atoms with Gasteiger partial charge in [-0.15, -0.1) is 0 Å². The minimum atomic E-state index is -0.519. The van der Waals surface area contributed by atoms with E-state index in [4.69, 9.17) is 4.98 Å². The maximum Gasteiger partial charge on any atom is 0.252 e. The van der Waals surface area contributed by atoms with E-state index in [-0.39, 0.29) is 11.7 Å². The molecular formula is C37H39N5O2. The van der Waals surface area contributed by atoms with Crippen LogP contribution < -0.4 is 5.32 Å². The number of carbonyl (C=O) groups is 1. The van der Waals surface area contributed by atoms with Crippen molar-refractivity contribution in [2.45, 2.75) is 63.3 Å². The lowest BCUT2D eigenvalue weighted by atomic mass is 9.75. The van der Waals surface area contributed by atoms with Crippen LogP contribution in [0.3, 0.4) is 0 Å². The summed E-state index contributed by atoms with van der Waals surface area (Å²) in [4.78, 5) is 23.4. The predicted octanol–water partition coefficient (Wildman–Crippen LogP) is 8.07. The van der Waals surface area contributed by atoms with Gasteiger partial charge in [0, 0.05) is 48.5 Å². The summed E-state index contributed by atoms with van der Waals surface area (Å²) in [6, 6.07) is 16.4. The summed E-state index contributed by atoms with van der Waals surface area (Å²) in [7, 11) is 4.13. The van der Waals surface area contributed by atoms with Crippen LogP contribution in [0.1, 0.15) is 85.1 Å². The smallest absolute Gasteiger partial charge is 0.252 e. The van der Waals surface area contributed by atoms with Crippen molar-refractivity contribution in [3.8, 4) is 11.3 Å². The summed E-state index contributed by atoms with van der Waals surface area (Å²) in [5.41, 5.74) is 8.47. The highest BCUT2D eigenvalue weighted by atomic mass is 16.3. The zero-order valence-corrected chi connectivity index (χ0v) is 25.7. The van der Waals surface area contributed by atoms with Gasteiger partial charge >= 0.3 is 0 Å². The minimum absolute atomic E-state index is 0.0588. The Labute approximate surface area is 258 Å². The SMILES string of the molecule is C=C(O)/C(C)=C/c1ccc2nc(C3(NC(=O)c4ccc5c(C6CCCC6)c(-c6cccnc6)n(C)c5c4)CCC3)n(C)c2c1. The lowest BCUT2D eigenvalue weighted by molar-refractivity contribution is 0.0805. The highest BCUT2D eigenvalue weighted by molar-refractivity contribution is 6.01. The van der Waals surface area contributed by atoms with Gasteiger partial charge in [-0.05, 0) is 104 Å². The van der Waals surface area contributed by atoms with E-state index in [1.807, 2.05) is 56.7 Å². The molecule has 0 aliphatic heterocycles. The van der Waals surface area contributed by atoms with Crippen LogP contribution in [0.25, 0.3) is 39.3 Å². The fourth-order valence-corrected chi connectivity index (χ4v) is 7.37. The summed E-state index contributed by atoms with van der Waals surface area (Å²) in [5, 5.41) is 14.4. The number of aryl methyl sites for hydroxylation is 2. The first-order chi connectivity index (χ1) is 21.3. The molecule has 3 aromatic heterocycles. The number of allylic oxidation sites excluding steroid dienone is 1. The number of benzene rings is 2. The molecule has 3 heterocycles. The number of fused-ring (bicyclic) bond motifs is 2. The number of imidazole rings is 1. The number of aromatic nitrogens is 4. The number of hydrogen-bond acceptors (Lipinski definition) is 4. The van der Waals surface area contributed by atoms with Crippen molar-refractivity contribution in [2.24, 2.45) is 14.1 Å². The number of aliphatic hydroxyl groups excluding tert-OH is 1. The van der Waals surface area contributed by atoms with Gasteiger partial charge in [0.2, 0.25) is 0 Å². The van der Waals surface area contributed by atoms with Crippen molar-refractivity contribution in [3.05, 3.63) is 101 Å². The molecule has 0 saturated heterocycles. The van der Waals surface area contributed by atoms with Gasteiger partial charge in [0.1, 0.15) is 11.6 Å². The Morgan fingerprint density at radius 1 is 1.05 bits per heavy atom. The molecule has 2 fully saturated rings. The Bertz CT molecular complexity index is 1950. The van der Waals surface area contributed by atoms with E-state index in [9.17, 15) is 9.90 Å². The molecule has 0 bridgehead atoms. The molecule has 0 atom stereocenters. The normalized spacial score (nSPS) is 16.8. The van der Waals surface area contributed by atoms with Gasteiger partial charge in [0.25, 0.3) is 5.91 Å². The molecule has 2 saturated carbocycles. The van der Waals surface area contributed by atoms with Crippen LogP contribution in [0.5, 0.6) is 0 Å². The molecule has 44 heavy (non-hydrogen) atoms. The molecule has 5 aromatic rings. The van der Waals surface area contributed by atoms with E-state index in [0.29, 0.717) is 17.1 Å². The first-order valence-corrected chi connectivity index (χ1v) is 15.6. The Balaban J connectivity index is 1.24. The second-order valence-electron chi connectivity index (χ2n) is 12.7. The zero-order chi connectivity index (χ0) is 30.6. The summed E-state index contributed by atoms with van der Waals surface area (Å²) >= 11 is 0. The summed E-state index contributed by atoms with van der Waals surface area (Å²) in [5.74, 6) is 1.38. The lowest BCUT2D eigenvalue weighted by Crippen LogP contribution is -2.52. The van der Waals surface area contributed by atoms with Crippen LogP contribution in [0, 0.1) is 0 Å². The van der Waals surface area contributed by atoms with Crippen molar-refractivity contribution in [3.63, 3.8) is 0 Å². The van der Waals surface area contributed by atoms with Crippen molar-refractivity contribution in [1.82, 2.24) is 24.4 Å². The molecule has 7 nitrogen and oxygen atoms in total. The standard InChI is InChI=1S/C37H39N5O2/c1-23(24(2)43)19-25-12-15-30-32(20-25)42(4)36(39-30)37(16-8-17-37)40-35(44)27-13-14-29-31(21-27)41(3)34(28-11-7-18-38-22-28)33(29)26-9-5-6-10-26/h7,11-15,18-22,26,43H,2,5-6,8-10,16-17H2,1,3-4H3,(H,40,44)/b23-19+. The van der Waals surface area contributed by atoms with E-state index in [1.54, 1.807) is 0 Å². The molecule has 2 aliphatic carbocycles. The van der Waals surface area contributed by atoms with Crippen molar-refractivity contribution in [1.29, 1.82) is 0 Å². The number of rotatable bonds is 7. The summed E-state index contributed by atoms with van der Waals surface area (Å²) in [6.45, 7) is 5.46. The van der Waals surface area contributed by atoms with Crippen LogP contribution >= 0.6 is 0 Å².